The number of likely N-dealkylation sites (N-methyl/N-ethyl adjacent to an activating group) is 1. The van der Waals surface area contributed by atoms with Crippen molar-refractivity contribution >= 4 is 22.4 Å². The van der Waals surface area contributed by atoms with Crippen LogP contribution in [0.5, 0.6) is 0 Å². The zero-order valence-corrected chi connectivity index (χ0v) is 11.6. The Balaban J connectivity index is 2.02. The fourth-order valence-corrected chi connectivity index (χ4v) is 2.54. The van der Waals surface area contributed by atoms with Gasteiger partial charge in [-0.2, -0.15) is 4.98 Å². The fraction of sp³-hybridized carbons (Fsp3) is 0.455. The number of hydrogen-bond donors (Lipinski definition) is 1. The lowest BCUT2D eigenvalue weighted by Crippen LogP contribution is -2.29. The van der Waals surface area contributed by atoms with Crippen molar-refractivity contribution in [3.63, 3.8) is 0 Å². The molecule has 2 N–H and O–H groups in total. The van der Waals surface area contributed by atoms with E-state index in [0.29, 0.717) is 35.2 Å². The lowest BCUT2D eigenvalue weighted by molar-refractivity contribution is 0.0799. The summed E-state index contributed by atoms with van der Waals surface area (Å²) in [6.07, 6.45) is 2.51. The molecular formula is C11H15N5O2S. The molecule has 0 aliphatic carbocycles. The number of rotatable bonds is 5. The average molecular weight is 281 g/mol. The first-order chi connectivity index (χ1) is 9.11. The van der Waals surface area contributed by atoms with Crippen LogP contribution in [0.1, 0.15) is 28.1 Å². The van der Waals surface area contributed by atoms with Crippen molar-refractivity contribution in [2.24, 2.45) is 0 Å². The third-order valence-electron chi connectivity index (χ3n) is 2.67. The van der Waals surface area contributed by atoms with E-state index in [1.54, 1.807) is 11.9 Å². The van der Waals surface area contributed by atoms with E-state index in [4.69, 9.17) is 5.73 Å². The number of carbonyl (C=O) groups is 1. The molecule has 1 amide bonds. The van der Waals surface area contributed by atoms with Crippen LogP contribution in [0, 0.1) is 0 Å². The second-order valence-electron chi connectivity index (χ2n) is 4.01. The first kappa shape index (κ1) is 13.5. The first-order valence-electron chi connectivity index (χ1n) is 5.87. The minimum Gasteiger partial charge on any atom is -0.375 e. The van der Waals surface area contributed by atoms with E-state index in [9.17, 15) is 4.79 Å². The van der Waals surface area contributed by atoms with E-state index in [1.807, 2.05) is 6.92 Å². The number of hydrogen-bond acceptors (Lipinski definition) is 7. The maximum atomic E-state index is 12.3. The average Bonchev–Trinajstić information content (AvgIpc) is 3.03. The summed E-state index contributed by atoms with van der Waals surface area (Å²) in [7, 11) is 1.73. The second kappa shape index (κ2) is 5.79. The molecule has 0 aromatic carbocycles. The number of anilines is 1. The highest BCUT2D eigenvalue weighted by molar-refractivity contribution is 7.17. The Hall–Kier alpha value is -1.96. The normalized spacial score (nSPS) is 10.6. The molecule has 0 radical (unpaired) electrons. The molecule has 2 heterocycles. The number of amides is 1. The summed E-state index contributed by atoms with van der Waals surface area (Å²) in [6.45, 7) is 2.46. The van der Waals surface area contributed by atoms with Crippen LogP contribution in [-0.2, 0) is 12.8 Å². The molecule has 19 heavy (non-hydrogen) atoms. The summed E-state index contributed by atoms with van der Waals surface area (Å²) < 4.78 is 4.64. The molecule has 0 unspecified atom stereocenters. The van der Waals surface area contributed by atoms with Crippen molar-refractivity contribution in [3.05, 3.63) is 22.8 Å². The summed E-state index contributed by atoms with van der Waals surface area (Å²) in [5.74, 6) is 0.508. The van der Waals surface area contributed by atoms with E-state index in [-0.39, 0.29) is 5.91 Å². The van der Waals surface area contributed by atoms with Crippen LogP contribution in [0.15, 0.2) is 10.9 Å². The second-order valence-corrected chi connectivity index (χ2v) is 5.04. The predicted molar refractivity (Wildman–Crippen MR) is 70.9 cm³/mol. The molecule has 2 aromatic heterocycles. The van der Waals surface area contributed by atoms with Crippen molar-refractivity contribution < 1.29 is 9.32 Å². The monoisotopic (exact) mass is 281 g/mol. The lowest BCUT2D eigenvalue weighted by Gasteiger charge is -2.15. The zero-order valence-electron chi connectivity index (χ0n) is 10.8. The first-order valence-corrected chi connectivity index (χ1v) is 6.69. The number of nitrogens with zero attached hydrogens (tertiary/aromatic N) is 4. The van der Waals surface area contributed by atoms with Gasteiger partial charge in [0, 0.05) is 20.0 Å². The summed E-state index contributed by atoms with van der Waals surface area (Å²) in [6, 6.07) is 0. The van der Waals surface area contributed by atoms with Gasteiger partial charge in [0.05, 0.1) is 5.69 Å². The van der Waals surface area contributed by atoms with Crippen molar-refractivity contribution in [3.8, 4) is 0 Å². The molecule has 0 fully saturated rings. The molecule has 0 aliphatic heterocycles. The highest BCUT2D eigenvalue weighted by atomic mass is 32.1. The van der Waals surface area contributed by atoms with Gasteiger partial charge in [-0.05, 0) is 6.42 Å². The van der Waals surface area contributed by atoms with E-state index in [1.165, 1.54) is 17.7 Å². The molecule has 2 aromatic rings. The SMILES string of the molecule is CCc1nc(N)sc1C(=O)N(C)CCc1ncon1. The number of carbonyl (C=O) groups excluding carboxylic acids is 1. The molecule has 7 nitrogen and oxygen atoms in total. The molecule has 8 heteroatoms. The number of aromatic nitrogens is 3. The smallest absolute Gasteiger partial charge is 0.265 e. The van der Waals surface area contributed by atoms with Gasteiger partial charge in [-0.1, -0.05) is 23.4 Å². The molecule has 0 saturated heterocycles. The maximum absolute atomic E-state index is 12.3. The van der Waals surface area contributed by atoms with E-state index in [0.717, 1.165) is 5.69 Å². The zero-order chi connectivity index (χ0) is 13.8. The van der Waals surface area contributed by atoms with Crippen LogP contribution in [-0.4, -0.2) is 39.5 Å². The Morgan fingerprint density at radius 1 is 1.58 bits per heavy atom. The number of nitrogens with two attached hydrogens (primary N) is 1. The van der Waals surface area contributed by atoms with Gasteiger partial charge in [-0.3, -0.25) is 4.79 Å². The van der Waals surface area contributed by atoms with Gasteiger partial charge in [-0.15, -0.1) is 0 Å². The van der Waals surface area contributed by atoms with Gasteiger partial charge < -0.3 is 15.2 Å². The third kappa shape index (κ3) is 3.08. The molecule has 0 saturated carbocycles. The highest BCUT2D eigenvalue weighted by Crippen LogP contribution is 2.22. The Kier molecular flexibility index (Phi) is 4.10. The fourth-order valence-electron chi connectivity index (χ4n) is 1.62. The maximum Gasteiger partial charge on any atom is 0.265 e. The van der Waals surface area contributed by atoms with Gasteiger partial charge >= 0.3 is 0 Å². The minimum absolute atomic E-state index is 0.0745. The van der Waals surface area contributed by atoms with Gasteiger partial charge in [0.2, 0.25) is 6.39 Å². The van der Waals surface area contributed by atoms with Crippen LogP contribution in [0.3, 0.4) is 0 Å². The van der Waals surface area contributed by atoms with Crippen LogP contribution in [0.2, 0.25) is 0 Å². The number of nitrogen functional groups attached to an aromatic ring is 1. The van der Waals surface area contributed by atoms with Crippen molar-refractivity contribution in [2.45, 2.75) is 19.8 Å². The van der Waals surface area contributed by atoms with E-state index < -0.39 is 0 Å². The lowest BCUT2D eigenvalue weighted by atomic mass is 10.2. The molecule has 0 aliphatic rings. The van der Waals surface area contributed by atoms with Crippen LogP contribution in [0.4, 0.5) is 5.13 Å². The Bertz CT molecular complexity index is 551. The molecular weight excluding hydrogens is 266 g/mol. The summed E-state index contributed by atoms with van der Waals surface area (Å²) in [5, 5.41) is 4.13. The summed E-state index contributed by atoms with van der Waals surface area (Å²) >= 11 is 1.22. The van der Waals surface area contributed by atoms with Crippen LogP contribution >= 0.6 is 11.3 Å². The minimum atomic E-state index is -0.0745. The summed E-state index contributed by atoms with van der Waals surface area (Å²) in [4.78, 5) is 22.6. The largest absolute Gasteiger partial charge is 0.375 e. The summed E-state index contributed by atoms with van der Waals surface area (Å²) in [5.41, 5.74) is 6.40. The Morgan fingerprint density at radius 2 is 2.37 bits per heavy atom. The van der Waals surface area contributed by atoms with Gasteiger partial charge in [0.15, 0.2) is 11.0 Å². The predicted octanol–water partition coefficient (Wildman–Crippen LogP) is 0.985. The Labute approximate surface area is 114 Å². The molecule has 0 spiro atoms. The quantitative estimate of drug-likeness (QED) is 0.877. The molecule has 0 atom stereocenters. The van der Waals surface area contributed by atoms with Crippen LogP contribution < -0.4 is 5.73 Å². The topological polar surface area (TPSA) is 98.1 Å². The van der Waals surface area contributed by atoms with E-state index >= 15 is 0 Å². The molecule has 2 rings (SSSR count). The third-order valence-corrected chi connectivity index (χ3v) is 3.58. The van der Waals surface area contributed by atoms with Gasteiger partial charge in [0.25, 0.3) is 5.91 Å². The van der Waals surface area contributed by atoms with Crippen molar-refractivity contribution in [1.29, 1.82) is 0 Å². The standard InChI is InChI=1S/C11H15N5O2S/c1-3-7-9(19-11(12)14-7)10(17)16(2)5-4-8-13-6-18-15-8/h6H,3-5H2,1-2H3,(H2,12,14). The van der Waals surface area contributed by atoms with Crippen molar-refractivity contribution in [2.75, 3.05) is 19.3 Å². The number of thiazole rings is 1. The van der Waals surface area contributed by atoms with Crippen molar-refractivity contribution in [1.82, 2.24) is 20.0 Å². The van der Waals surface area contributed by atoms with Gasteiger partial charge in [0.1, 0.15) is 4.88 Å². The Morgan fingerprint density at radius 3 is 3.00 bits per heavy atom. The van der Waals surface area contributed by atoms with Crippen LogP contribution in [0.25, 0.3) is 0 Å². The molecule has 0 bridgehead atoms. The molecule has 102 valence electrons. The van der Waals surface area contributed by atoms with E-state index in [2.05, 4.69) is 19.6 Å². The highest BCUT2D eigenvalue weighted by Gasteiger charge is 2.19. The van der Waals surface area contributed by atoms with Gasteiger partial charge in [-0.25, -0.2) is 4.98 Å². The number of aryl methyl sites for hydroxylation is 1.